The maximum atomic E-state index is 13.1. The molecular formula is C18H16FN5O2. The molecular weight excluding hydrogens is 337 g/mol. The predicted molar refractivity (Wildman–Crippen MR) is 89.9 cm³/mol. The number of aryl methyl sites for hydroxylation is 1. The van der Waals surface area contributed by atoms with E-state index >= 15 is 0 Å². The number of ether oxygens (including phenoxy) is 1. The van der Waals surface area contributed by atoms with E-state index in [1.54, 1.807) is 27.8 Å². The van der Waals surface area contributed by atoms with Crippen molar-refractivity contribution in [2.45, 2.75) is 26.6 Å². The van der Waals surface area contributed by atoms with Gasteiger partial charge in [0.2, 0.25) is 12.3 Å². The summed E-state index contributed by atoms with van der Waals surface area (Å²) in [5.41, 5.74) is 4.06. The van der Waals surface area contributed by atoms with Crippen LogP contribution >= 0.6 is 0 Å². The quantitative estimate of drug-likeness (QED) is 0.657. The number of carbonyl (C=O) groups is 1. The number of carbonyl (C=O) groups excluding carboxylic acids is 1. The molecule has 0 fully saturated rings. The number of pyridine rings is 1. The van der Waals surface area contributed by atoms with Crippen LogP contribution in [-0.2, 0) is 24.5 Å². The van der Waals surface area contributed by atoms with E-state index in [0.717, 1.165) is 29.1 Å². The van der Waals surface area contributed by atoms with Crippen LogP contribution in [0.25, 0.3) is 5.69 Å². The van der Waals surface area contributed by atoms with Crippen LogP contribution < -0.4 is 4.74 Å². The average molecular weight is 353 g/mol. The molecule has 2 aromatic heterocycles. The van der Waals surface area contributed by atoms with Crippen molar-refractivity contribution >= 4 is 6.41 Å². The average Bonchev–Trinajstić information content (AvgIpc) is 3.23. The van der Waals surface area contributed by atoms with Gasteiger partial charge in [0.1, 0.15) is 18.1 Å². The summed E-state index contributed by atoms with van der Waals surface area (Å²) < 4.78 is 20.6. The van der Waals surface area contributed by atoms with Crippen molar-refractivity contribution in [2.75, 3.05) is 0 Å². The maximum absolute atomic E-state index is 13.1. The van der Waals surface area contributed by atoms with E-state index in [4.69, 9.17) is 4.74 Å². The maximum Gasteiger partial charge on any atom is 0.213 e. The van der Waals surface area contributed by atoms with Crippen LogP contribution in [-0.4, -0.2) is 31.3 Å². The van der Waals surface area contributed by atoms with E-state index in [2.05, 4.69) is 15.3 Å². The molecule has 132 valence electrons. The molecule has 0 saturated heterocycles. The Kier molecular flexibility index (Phi) is 4.08. The molecule has 1 aromatic carbocycles. The number of hydrogen-bond donors (Lipinski definition) is 0. The fraction of sp³-hybridized carbons (Fsp3) is 0.222. The molecule has 1 aliphatic heterocycles. The fourth-order valence-corrected chi connectivity index (χ4v) is 2.89. The van der Waals surface area contributed by atoms with Gasteiger partial charge in [-0.15, -0.1) is 5.10 Å². The van der Waals surface area contributed by atoms with Gasteiger partial charge >= 0.3 is 0 Å². The van der Waals surface area contributed by atoms with Crippen LogP contribution in [0.2, 0.25) is 0 Å². The van der Waals surface area contributed by atoms with Crippen LogP contribution in [0, 0.1) is 12.7 Å². The normalized spacial score (nSPS) is 12.9. The molecule has 0 radical (unpaired) electrons. The van der Waals surface area contributed by atoms with Crippen molar-refractivity contribution in [1.82, 2.24) is 24.9 Å². The van der Waals surface area contributed by atoms with Gasteiger partial charge in [-0.3, -0.25) is 4.79 Å². The lowest BCUT2D eigenvalue weighted by atomic mass is 10.2. The van der Waals surface area contributed by atoms with Gasteiger partial charge in [0, 0.05) is 12.6 Å². The summed E-state index contributed by atoms with van der Waals surface area (Å²) in [5.74, 6) is 0.165. The van der Waals surface area contributed by atoms with Crippen molar-refractivity contribution in [3.05, 3.63) is 64.9 Å². The first kappa shape index (κ1) is 16.2. The molecule has 4 rings (SSSR count). The second kappa shape index (κ2) is 6.55. The molecule has 0 aliphatic carbocycles. The standard InChI is InChI=1S/C18H16FN5O2/c1-12-17(24(22-21-12)15-5-3-14(19)4-6-15)10-26-18-7-2-13-8-23(11-25)9-16(13)20-18/h2-7,11H,8-10H2,1H3. The zero-order chi connectivity index (χ0) is 18.1. The second-order valence-corrected chi connectivity index (χ2v) is 6.06. The molecule has 1 aliphatic rings. The lowest BCUT2D eigenvalue weighted by Crippen LogP contribution is -2.12. The topological polar surface area (TPSA) is 73.1 Å². The number of benzene rings is 1. The smallest absolute Gasteiger partial charge is 0.213 e. The third kappa shape index (κ3) is 3.01. The summed E-state index contributed by atoms with van der Waals surface area (Å²) in [5, 5.41) is 8.18. The lowest BCUT2D eigenvalue weighted by molar-refractivity contribution is -0.118. The number of aromatic nitrogens is 4. The molecule has 0 bridgehead atoms. The third-order valence-electron chi connectivity index (χ3n) is 4.30. The van der Waals surface area contributed by atoms with Gasteiger partial charge in [-0.05, 0) is 42.8 Å². The van der Waals surface area contributed by atoms with E-state index in [-0.39, 0.29) is 12.4 Å². The van der Waals surface area contributed by atoms with E-state index in [1.165, 1.54) is 12.1 Å². The monoisotopic (exact) mass is 353 g/mol. The summed E-state index contributed by atoms with van der Waals surface area (Å²) in [6.07, 6.45) is 0.818. The molecule has 3 heterocycles. The van der Waals surface area contributed by atoms with E-state index in [0.29, 0.717) is 24.7 Å². The minimum Gasteiger partial charge on any atom is -0.471 e. The minimum atomic E-state index is -0.310. The predicted octanol–water partition coefficient (Wildman–Crippen LogP) is 2.16. The van der Waals surface area contributed by atoms with E-state index in [9.17, 15) is 9.18 Å². The summed E-state index contributed by atoms with van der Waals surface area (Å²) in [7, 11) is 0. The van der Waals surface area contributed by atoms with Gasteiger partial charge in [-0.2, -0.15) is 0 Å². The van der Waals surface area contributed by atoms with Crippen molar-refractivity contribution < 1.29 is 13.9 Å². The van der Waals surface area contributed by atoms with Crippen LogP contribution in [0.15, 0.2) is 36.4 Å². The molecule has 1 amide bonds. The first-order chi connectivity index (χ1) is 12.6. The first-order valence-corrected chi connectivity index (χ1v) is 8.12. The summed E-state index contributed by atoms with van der Waals surface area (Å²) >= 11 is 0. The van der Waals surface area contributed by atoms with Crippen molar-refractivity contribution in [3.63, 3.8) is 0 Å². The molecule has 0 N–H and O–H groups in total. The number of hydrogen-bond acceptors (Lipinski definition) is 5. The Bertz CT molecular complexity index is 955. The van der Waals surface area contributed by atoms with Gasteiger partial charge in [-0.25, -0.2) is 14.1 Å². The largest absolute Gasteiger partial charge is 0.471 e. The van der Waals surface area contributed by atoms with Gasteiger partial charge in [-0.1, -0.05) is 5.21 Å². The first-order valence-electron chi connectivity index (χ1n) is 8.12. The molecule has 0 unspecified atom stereocenters. The Hall–Kier alpha value is -3.29. The summed E-state index contributed by atoms with van der Waals surface area (Å²) in [6.45, 7) is 3.12. The highest BCUT2D eigenvalue weighted by Gasteiger charge is 2.19. The summed E-state index contributed by atoms with van der Waals surface area (Å²) in [4.78, 5) is 17.0. The lowest BCUT2D eigenvalue weighted by Gasteiger charge is -2.09. The zero-order valence-corrected chi connectivity index (χ0v) is 14.1. The van der Waals surface area contributed by atoms with Crippen LogP contribution in [0.4, 0.5) is 4.39 Å². The van der Waals surface area contributed by atoms with Crippen LogP contribution in [0.3, 0.4) is 0 Å². The van der Waals surface area contributed by atoms with Gasteiger partial charge < -0.3 is 9.64 Å². The second-order valence-electron chi connectivity index (χ2n) is 6.06. The van der Waals surface area contributed by atoms with E-state index < -0.39 is 0 Å². The van der Waals surface area contributed by atoms with E-state index in [1.807, 2.05) is 13.0 Å². The van der Waals surface area contributed by atoms with Gasteiger partial charge in [0.05, 0.1) is 23.6 Å². The molecule has 3 aromatic rings. The Labute approximate surface area is 149 Å². The number of fused-ring (bicyclic) bond motifs is 1. The highest BCUT2D eigenvalue weighted by Crippen LogP contribution is 2.23. The Morgan fingerprint density at radius 1 is 1.19 bits per heavy atom. The minimum absolute atomic E-state index is 0.222. The molecule has 7 nitrogen and oxygen atoms in total. The highest BCUT2D eigenvalue weighted by molar-refractivity contribution is 5.50. The van der Waals surface area contributed by atoms with Crippen molar-refractivity contribution in [2.24, 2.45) is 0 Å². The zero-order valence-electron chi connectivity index (χ0n) is 14.1. The summed E-state index contributed by atoms with van der Waals surface area (Å²) in [6, 6.07) is 9.72. The van der Waals surface area contributed by atoms with Crippen molar-refractivity contribution in [1.29, 1.82) is 0 Å². The number of rotatable bonds is 5. The molecule has 0 atom stereocenters. The molecule has 0 spiro atoms. The fourth-order valence-electron chi connectivity index (χ4n) is 2.89. The SMILES string of the molecule is Cc1nnn(-c2ccc(F)cc2)c1COc1ccc2c(n1)CN(C=O)C2. The van der Waals surface area contributed by atoms with Crippen LogP contribution in [0.5, 0.6) is 5.88 Å². The number of halogens is 1. The molecule has 0 saturated carbocycles. The third-order valence-corrected chi connectivity index (χ3v) is 4.30. The van der Waals surface area contributed by atoms with Gasteiger partial charge in [0.25, 0.3) is 0 Å². The highest BCUT2D eigenvalue weighted by atomic mass is 19.1. The van der Waals surface area contributed by atoms with Crippen LogP contribution in [0.1, 0.15) is 22.6 Å². The molecule has 8 heteroatoms. The Morgan fingerprint density at radius 2 is 2.00 bits per heavy atom. The number of nitrogens with zero attached hydrogens (tertiary/aromatic N) is 5. The van der Waals surface area contributed by atoms with Gasteiger partial charge in [0.15, 0.2) is 0 Å². The number of amides is 1. The Morgan fingerprint density at radius 3 is 2.77 bits per heavy atom. The van der Waals surface area contributed by atoms with Crippen molar-refractivity contribution in [3.8, 4) is 11.6 Å². The Balaban J connectivity index is 1.53. The molecule has 26 heavy (non-hydrogen) atoms.